The number of carbonyl (C=O) groups excluding carboxylic acids is 2. The largest absolute Gasteiger partial charge is 0.319 e. The summed E-state index contributed by atoms with van der Waals surface area (Å²) in [4.78, 5) is 31.7. The number of carbonyl (C=O) groups is 2. The van der Waals surface area contributed by atoms with Crippen molar-refractivity contribution in [2.75, 3.05) is 17.3 Å². The zero-order chi connectivity index (χ0) is 20.4. The SMILES string of the molecule is CN(C(=O)c1nc(C(=O)Nc2ccc(F)cc2)n2ccccc12)c1ccccc1. The summed E-state index contributed by atoms with van der Waals surface area (Å²) in [7, 11) is 1.66. The monoisotopic (exact) mass is 388 g/mol. The average molecular weight is 388 g/mol. The number of hydrogen-bond donors (Lipinski definition) is 1. The molecule has 0 aliphatic carbocycles. The van der Waals surface area contributed by atoms with Crippen molar-refractivity contribution in [3.8, 4) is 0 Å². The number of aromatic nitrogens is 2. The second kappa shape index (κ2) is 7.55. The van der Waals surface area contributed by atoms with Gasteiger partial charge in [-0.05, 0) is 48.5 Å². The molecule has 0 fully saturated rings. The van der Waals surface area contributed by atoms with Crippen LogP contribution in [0, 0.1) is 5.82 Å². The average Bonchev–Trinajstić information content (AvgIpc) is 3.15. The van der Waals surface area contributed by atoms with Gasteiger partial charge in [0.2, 0.25) is 5.82 Å². The van der Waals surface area contributed by atoms with Crippen LogP contribution in [0.2, 0.25) is 0 Å². The highest BCUT2D eigenvalue weighted by molar-refractivity contribution is 6.11. The van der Waals surface area contributed by atoms with Gasteiger partial charge in [-0.3, -0.25) is 14.0 Å². The van der Waals surface area contributed by atoms with Crippen molar-refractivity contribution in [1.29, 1.82) is 0 Å². The van der Waals surface area contributed by atoms with E-state index in [0.717, 1.165) is 0 Å². The topological polar surface area (TPSA) is 66.7 Å². The normalized spacial score (nSPS) is 10.7. The minimum Gasteiger partial charge on any atom is -0.319 e. The molecule has 0 saturated carbocycles. The van der Waals surface area contributed by atoms with Crippen LogP contribution in [0.3, 0.4) is 0 Å². The molecule has 0 radical (unpaired) electrons. The molecule has 0 bridgehead atoms. The number of benzene rings is 2. The van der Waals surface area contributed by atoms with Gasteiger partial charge in [-0.2, -0.15) is 0 Å². The van der Waals surface area contributed by atoms with Crippen molar-refractivity contribution < 1.29 is 14.0 Å². The van der Waals surface area contributed by atoms with Crippen molar-refractivity contribution in [1.82, 2.24) is 9.38 Å². The molecule has 0 saturated heterocycles. The Balaban J connectivity index is 1.70. The summed E-state index contributed by atoms with van der Waals surface area (Å²) >= 11 is 0. The standard InChI is InChI=1S/C22H17FN4O2/c1-26(17-7-3-2-4-8-17)22(29)19-18-9-5-6-14-27(18)20(25-19)21(28)24-16-12-10-15(23)11-13-16/h2-14H,1H3,(H,24,28). The van der Waals surface area contributed by atoms with E-state index in [1.807, 2.05) is 30.3 Å². The molecule has 2 amide bonds. The van der Waals surface area contributed by atoms with Crippen LogP contribution in [0.4, 0.5) is 15.8 Å². The molecule has 6 nitrogen and oxygen atoms in total. The highest BCUT2D eigenvalue weighted by Crippen LogP contribution is 2.20. The van der Waals surface area contributed by atoms with Crippen molar-refractivity contribution >= 4 is 28.7 Å². The maximum absolute atomic E-state index is 13.1. The van der Waals surface area contributed by atoms with Crippen LogP contribution in [0.1, 0.15) is 21.1 Å². The fourth-order valence-electron chi connectivity index (χ4n) is 3.00. The Labute approximate surface area is 166 Å². The summed E-state index contributed by atoms with van der Waals surface area (Å²) < 4.78 is 14.7. The first-order valence-electron chi connectivity index (χ1n) is 8.92. The maximum Gasteiger partial charge on any atom is 0.292 e. The van der Waals surface area contributed by atoms with Crippen molar-refractivity contribution in [2.45, 2.75) is 0 Å². The van der Waals surface area contributed by atoms with Gasteiger partial charge >= 0.3 is 0 Å². The smallest absolute Gasteiger partial charge is 0.292 e. The number of halogens is 1. The Morgan fingerprint density at radius 3 is 2.38 bits per heavy atom. The van der Waals surface area contributed by atoms with Gasteiger partial charge in [0.25, 0.3) is 11.8 Å². The fourth-order valence-corrected chi connectivity index (χ4v) is 3.00. The molecule has 2 heterocycles. The van der Waals surface area contributed by atoms with Crippen LogP contribution in [-0.4, -0.2) is 28.2 Å². The fraction of sp³-hybridized carbons (Fsp3) is 0.0455. The molecule has 7 heteroatoms. The van der Waals surface area contributed by atoms with Crippen LogP contribution in [0.5, 0.6) is 0 Å². The summed E-state index contributed by atoms with van der Waals surface area (Å²) in [5.41, 5.74) is 1.83. The third-order valence-electron chi connectivity index (χ3n) is 4.50. The van der Waals surface area contributed by atoms with Crippen LogP contribution in [0.25, 0.3) is 5.52 Å². The molecule has 2 aromatic heterocycles. The summed E-state index contributed by atoms with van der Waals surface area (Å²) in [5, 5.41) is 2.68. The zero-order valence-corrected chi connectivity index (χ0v) is 15.5. The van der Waals surface area contributed by atoms with E-state index in [1.54, 1.807) is 35.8 Å². The second-order valence-electron chi connectivity index (χ2n) is 6.40. The Bertz CT molecular complexity index is 1190. The summed E-state index contributed by atoms with van der Waals surface area (Å²) in [6, 6.07) is 19.9. The molecule has 0 aliphatic rings. The second-order valence-corrected chi connectivity index (χ2v) is 6.40. The number of para-hydroxylation sites is 1. The first kappa shape index (κ1) is 18.4. The number of nitrogens with zero attached hydrogens (tertiary/aromatic N) is 3. The van der Waals surface area contributed by atoms with Gasteiger partial charge in [0, 0.05) is 24.6 Å². The number of anilines is 2. The van der Waals surface area contributed by atoms with E-state index in [-0.39, 0.29) is 17.4 Å². The van der Waals surface area contributed by atoms with E-state index in [2.05, 4.69) is 10.3 Å². The Morgan fingerprint density at radius 2 is 1.66 bits per heavy atom. The van der Waals surface area contributed by atoms with E-state index >= 15 is 0 Å². The molecule has 4 aromatic rings. The molecule has 144 valence electrons. The quantitative estimate of drug-likeness (QED) is 0.575. The molecule has 4 rings (SSSR count). The number of fused-ring (bicyclic) bond motifs is 1. The molecule has 0 spiro atoms. The van der Waals surface area contributed by atoms with Crippen molar-refractivity contribution in [3.63, 3.8) is 0 Å². The molecule has 1 N–H and O–H groups in total. The van der Waals surface area contributed by atoms with Crippen LogP contribution < -0.4 is 10.2 Å². The maximum atomic E-state index is 13.1. The first-order valence-corrected chi connectivity index (χ1v) is 8.92. The number of nitrogens with one attached hydrogen (secondary N) is 1. The van der Waals surface area contributed by atoms with Crippen LogP contribution >= 0.6 is 0 Å². The van der Waals surface area contributed by atoms with Crippen LogP contribution in [0.15, 0.2) is 79.0 Å². The number of rotatable bonds is 4. The Kier molecular flexibility index (Phi) is 4.78. The first-order chi connectivity index (χ1) is 14.0. The van der Waals surface area contributed by atoms with E-state index < -0.39 is 11.7 Å². The number of imidazole rings is 1. The van der Waals surface area contributed by atoms with Gasteiger partial charge in [0.1, 0.15) is 5.82 Å². The minimum atomic E-state index is -0.501. The predicted molar refractivity (Wildman–Crippen MR) is 109 cm³/mol. The lowest BCUT2D eigenvalue weighted by atomic mass is 10.2. The van der Waals surface area contributed by atoms with Crippen molar-refractivity contribution in [2.24, 2.45) is 0 Å². The van der Waals surface area contributed by atoms with Gasteiger partial charge in [0.05, 0.1) is 5.52 Å². The third-order valence-corrected chi connectivity index (χ3v) is 4.50. The van der Waals surface area contributed by atoms with E-state index in [9.17, 15) is 14.0 Å². The van der Waals surface area contributed by atoms with Gasteiger partial charge in [0.15, 0.2) is 5.69 Å². The molecular formula is C22H17FN4O2. The number of pyridine rings is 1. The van der Waals surface area contributed by atoms with Crippen molar-refractivity contribution in [3.05, 3.63) is 96.3 Å². The Morgan fingerprint density at radius 1 is 0.966 bits per heavy atom. The highest BCUT2D eigenvalue weighted by Gasteiger charge is 2.24. The van der Waals surface area contributed by atoms with E-state index in [4.69, 9.17) is 0 Å². The number of amides is 2. The summed E-state index contributed by atoms with van der Waals surface area (Å²) in [5.74, 6) is -1.17. The van der Waals surface area contributed by atoms with Gasteiger partial charge < -0.3 is 10.2 Å². The Hall–Kier alpha value is -4.00. The number of hydrogen-bond acceptors (Lipinski definition) is 3. The van der Waals surface area contributed by atoms with E-state index in [0.29, 0.717) is 16.9 Å². The van der Waals surface area contributed by atoms with E-state index in [1.165, 1.54) is 29.2 Å². The zero-order valence-electron chi connectivity index (χ0n) is 15.5. The molecule has 0 unspecified atom stereocenters. The predicted octanol–water partition coefficient (Wildman–Crippen LogP) is 4.00. The molecule has 0 aliphatic heterocycles. The molecule has 2 aromatic carbocycles. The third kappa shape index (κ3) is 3.58. The highest BCUT2D eigenvalue weighted by atomic mass is 19.1. The minimum absolute atomic E-state index is 0.0646. The van der Waals surface area contributed by atoms with Gasteiger partial charge in [-0.15, -0.1) is 0 Å². The lowest BCUT2D eigenvalue weighted by Gasteiger charge is -2.16. The molecule has 0 atom stereocenters. The summed E-state index contributed by atoms with van der Waals surface area (Å²) in [6.45, 7) is 0. The van der Waals surface area contributed by atoms with Crippen LogP contribution in [-0.2, 0) is 0 Å². The van der Waals surface area contributed by atoms with Gasteiger partial charge in [-0.25, -0.2) is 9.37 Å². The summed E-state index contributed by atoms with van der Waals surface area (Å²) in [6.07, 6.45) is 1.67. The lowest BCUT2D eigenvalue weighted by Crippen LogP contribution is -2.26. The molecular weight excluding hydrogens is 371 g/mol. The molecule has 29 heavy (non-hydrogen) atoms. The lowest BCUT2D eigenvalue weighted by molar-refractivity contribution is 0.0990. The van der Waals surface area contributed by atoms with Gasteiger partial charge in [-0.1, -0.05) is 24.3 Å².